The maximum absolute atomic E-state index is 12.1. The summed E-state index contributed by atoms with van der Waals surface area (Å²) in [5.74, 6) is 0.229. The third-order valence-corrected chi connectivity index (χ3v) is 4.22. The Kier molecular flexibility index (Phi) is 3.52. The van der Waals surface area contributed by atoms with Crippen LogP contribution >= 0.6 is 0 Å². The molecule has 1 unspecified atom stereocenters. The van der Waals surface area contributed by atoms with Crippen molar-refractivity contribution in [3.05, 3.63) is 0 Å². The average Bonchev–Trinajstić information content (AvgIpc) is 2.71. The number of carbonyl (C=O) groups is 2. The smallest absolute Gasteiger partial charge is 0.229 e. The Labute approximate surface area is 103 Å². The van der Waals surface area contributed by atoms with Gasteiger partial charge in [0.15, 0.2) is 0 Å². The molecular weight excluding hydrogens is 216 g/mol. The highest BCUT2D eigenvalue weighted by molar-refractivity contribution is 5.98. The van der Waals surface area contributed by atoms with Crippen molar-refractivity contribution in [2.24, 2.45) is 17.1 Å². The first-order valence-electron chi connectivity index (χ1n) is 6.60. The molecule has 1 aliphatic heterocycles. The fourth-order valence-corrected chi connectivity index (χ4v) is 3.10. The van der Waals surface area contributed by atoms with E-state index in [1.165, 1.54) is 17.7 Å². The number of amides is 2. The number of nitrogens with two attached hydrogens (primary N) is 1. The first-order chi connectivity index (χ1) is 8.06. The highest BCUT2D eigenvalue weighted by Crippen LogP contribution is 2.46. The maximum atomic E-state index is 12.1. The van der Waals surface area contributed by atoms with Crippen molar-refractivity contribution in [1.82, 2.24) is 4.90 Å². The molecule has 96 valence electrons. The summed E-state index contributed by atoms with van der Waals surface area (Å²) in [6, 6.07) is 0. The van der Waals surface area contributed by atoms with Crippen molar-refractivity contribution in [3.63, 3.8) is 0 Å². The highest BCUT2D eigenvalue weighted by atomic mass is 16.2. The Morgan fingerprint density at radius 3 is 2.24 bits per heavy atom. The zero-order valence-corrected chi connectivity index (χ0v) is 10.6. The molecule has 2 rings (SSSR count). The van der Waals surface area contributed by atoms with Gasteiger partial charge in [-0.1, -0.05) is 19.8 Å². The maximum Gasteiger partial charge on any atom is 0.229 e. The van der Waals surface area contributed by atoms with Gasteiger partial charge in [-0.2, -0.15) is 0 Å². The molecule has 0 aromatic rings. The summed E-state index contributed by atoms with van der Waals surface area (Å²) in [6.45, 7) is 2.98. The average molecular weight is 238 g/mol. The van der Waals surface area contributed by atoms with Crippen molar-refractivity contribution < 1.29 is 9.59 Å². The molecule has 1 heterocycles. The highest BCUT2D eigenvalue weighted by Gasteiger charge is 2.44. The lowest BCUT2D eigenvalue weighted by Crippen LogP contribution is -2.49. The van der Waals surface area contributed by atoms with Crippen LogP contribution in [0.2, 0.25) is 0 Å². The van der Waals surface area contributed by atoms with E-state index in [9.17, 15) is 9.59 Å². The van der Waals surface area contributed by atoms with Crippen LogP contribution in [0, 0.1) is 11.3 Å². The van der Waals surface area contributed by atoms with Crippen molar-refractivity contribution >= 4 is 11.8 Å². The molecule has 2 amide bonds. The number of hydrogen-bond acceptors (Lipinski definition) is 3. The normalized spacial score (nSPS) is 25.6. The summed E-state index contributed by atoms with van der Waals surface area (Å²) in [5, 5.41) is 0. The summed E-state index contributed by atoms with van der Waals surface area (Å²) in [7, 11) is 0. The molecule has 1 atom stereocenters. The van der Waals surface area contributed by atoms with Gasteiger partial charge in [-0.05, 0) is 30.7 Å². The number of hydrogen-bond donors (Lipinski definition) is 1. The molecule has 1 aliphatic carbocycles. The number of piperidine rings is 1. The minimum Gasteiger partial charge on any atom is -0.330 e. The van der Waals surface area contributed by atoms with Gasteiger partial charge in [0.05, 0.1) is 0 Å². The van der Waals surface area contributed by atoms with Gasteiger partial charge in [0, 0.05) is 19.4 Å². The molecule has 2 aliphatic rings. The molecule has 0 aromatic heterocycles. The lowest BCUT2D eigenvalue weighted by molar-refractivity contribution is -0.154. The van der Waals surface area contributed by atoms with Gasteiger partial charge in [-0.25, -0.2) is 0 Å². The second-order valence-corrected chi connectivity index (χ2v) is 5.80. The Hall–Kier alpha value is -0.900. The van der Waals surface area contributed by atoms with Crippen LogP contribution in [0.3, 0.4) is 0 Å². The van der Waals surface area contributed by atoms with Crippen LogP contribution in [0.15, 0.2) is 0 Å². The first-order valence-corrected chi connectivity index (χ1v) is 6.60. The van der Waals surface area contributed by atoms with E-state index >= 15 is 0 Å². The summed E-state index contributed by atoms with van der Waals surface area (Å²) >= 11 is 0. The fraction of sp³-hybridized carbons (Fsp3) is 0.846. The summed E-state index contributed by atoms with van der Waals surface area (Å²) in [5.41, 5.74) is 5.56. The molecule has 0 radical (unpaired) electrons. The predicted molar refractivity (Wildman–Crippen MR) is 65.1 cm³/mol. The molecule has 1 saturated heterocycles. The number of likely N-dealkylation sites (tertiary alicyclic amines) is 1. The number of nitrogens with zero attached hydrogens (tertiary/aromatic N) is 1. The third kappa shape index (κ3) is 2.51. The third-order valence-electron chi connectivity index (χ3n) is 4.22. The molecule has 17 heavy (non-hydrogen) atoms. The Balaban J connectivity index is 2.03. The van der Waals surface area contributed by atoms with E-state index in [0.717, 1.165) is 12.8 Å². The molecule has 2 N–H and O–H groups in total. The molecule has 0 aromatic carbocycles. The Morgan fingerprint density at radius 1 is 1.24 bits per heavy atom. The van der Waals surface area contributed by atoms with E-state index in [-0.39, 0.29) is 23.1 Å². The number of carbonyl (C=O) groups excluding carboxylic acids is 2. The van der Waals surface area contributed by atoms with E-state index in [4.69, 9.17) is 5.73 Å². The van der Waals surface area contributed by atoms with E-state index in [1.54, 1.807) is 0 Å². The predicted octanol–water partition coefficient (Wildman–Crippen LogP) is 1.29. The quantitative estimate of drug-likeness (QED) is 0.754. The van der Waals surface area contributed by atoms with Gasteiger partial charge in [0.25, 0.3) is 0 Å². The number of imide groups is 1. The van der Waals surface area contributed by atoms with Gasteiger partial charge in [-0.3, -0.25) is 14.5 Å². The second kappa shape index (κ2) is 4.77. The van der Waals surface area contributed by atoms with E-state index in [2.05, 4.69) is 0 Å². The van der Waals surface area contributed by atoms with Gasteiger partial charge in [0.2, 0.25) is 11.8 Å². The topological polar surface area (TPSA) is 63.4 Å². The fourth-order valence-electron chi connectivity index (χ4n) is 3.10. The minimum atomic E-state index is 0.0105. The molecule has 4 heteroatoms. The van der Waals surface area contributed by atoms with E-state index in [0.29, 0.717) is 25.9 Å². The monoisotopic (exact) mass is 238 g/mol. The van der Waals surface area contributed by atoms with Gasteiger partial charge in [-0.15, -0.1) is 0 Å². The van der Waals surface area contributed by atoms with E-state index < -0.39 is 0 Å². The largest absolute Gasteiger partial charge is 0.330 e. The van der Waals surface area contributed by atoms with Gasteiger partial charge >= 0.3 is 0 Å². The van der Waals surface area contributed by atoms with Crippen molar-refractivity contribution in [2.75, 3.05) is 13.1 Å². The van der Waals surface area contributed by atoms with E-state index in [1.807, 2.05) is 6.92 Å². The van der Waals surface area contributed by atoms with Gasteiger partial charge in [0.1, 0.15) is 0 Å². The van der Waals surface area contributed by atoms with Crippen LogP contribution in [0.25, 0.3) is 0 Å². The molecule has 2 fully saturated rings. The molecule has 4 nitrogen and oxygen atoms in total. The summed E-state index contributed by atoms with van der Waals surface area (Å²) in [4.78, 5) is 25.6. The number of rotatable bonds is 3. The summed E-state index contributed by atoms with van der Waals surface area (Å²) < 4.78 is 0. The van der Waals surface area contributed by atoms with Crippen LogP contribution in [-0.4, -0.2) is 29.8 Å². The summed E-state index contributed by atoms with van der Waals surface area (Å²) in [6.07, 6.45) is 5.56. The molecule has 0 bridgehead atoms. The second-order valence-electron chi connectivity index (χ2n) is 5.80. The van der Waals surface area contributed by atoms with Crippen LogP contribution in [0.5, 0.6) is 0 Å². The molecule has 1 spiro atoms. The minimum absolute atomic E-state index is 0.0105. The zero-order valence-electron chi connectivity index (χ0n) is 10.6. The lowest BCUT2D eigenvalue weighted by Gasteiger charge is -2.38. The SMILES string of the molecule is CC(CN)CN1C(=O)CC2(CCCC2)CC1=O. The molecule has 1 saturated carbocycles. The standard InChI is InChI=1S/C13H22N2O2/c1-10(8-14)9-15-11(16)6-13(7-12(15)17)4-2-3-5-13/h10H,2-9,14H2,1H3. The first kappa shape index (κ1) is 12.6. The lowest BCUT2D eigenvalue weighted by atomic mass is 9.76. The Bertz CT molecular complexity index is 301. The van der Waals surface area contributed by atoms with Gasteiger partial charge < -0.3 is 5.73 Å². The zero-order chi connectivity index (χ0) is 12.5. The van der Waals surface area contributed by atoms with Crippen molar-refractivity contribution in [1.29, 1.82) is 0 Å². The van der Waals surface area contributed by atoms with Crippen LogP contribution < -0.4 is 5.73 Å². The molecular formula is C13H22N2O2. The van der Waals surface area contributed by atoms with Crippen molar-refractivity contribution in [3.8, 4) is 0 Å². The van der Waals surface area contributed by atoms with Crippen molar-refractivity contribution in [2.45, 2.75) is 45.4 Å². The Morgan fingerprint density at radius 2 is 1.76 bits per heavy atom. The van der Waals surface area contributed by atoms with Crippen LogP contribution in [0.1, 0.15) is 45.4 Å². The van der Waals surface area contributed by atoms with Crippen LogP contribution in [-0.2, 0) is 9.59 Å². The van der Waals surface area contributed by atoms with Crippen LogP contribution in [0.4, 0.5) is 0 Å².